The lowest BCUT2D eigenvalue weighted by Crippen LogP contribution is -2.32. The van der Waals surface area contributed by atoms with Gasteiger partial charge in [0, 0.05) is 31.0 Å². The Hall–Kier alpha value is -2.07. The summed E-state index contributed by atoms with van der Waals surface area (Å²) in [6, 6.07) is 17.2. The first kappa shape index (κ1) is 17.7. The number of nitrogens with one attached hydrogen (secondary N) is 2. The number of nitrogens with zero attached hydrogens (tertiary/aromatic N) is 1. The number of hydrogen-bond acceptors (Lipinski definition) is 2. The fourth-order valence-corrected chi connectivity index (χ4v) is 3.46. The van der Waals surface area contributed by atoms with E-state index in [0.717, 1.165) is 38.2 Å². The molecule has 0 atom stereocenters. The third kappa shape index (κ3) is 4.73. The molecule has 0 amide bonds. The van der Waals surface area contributed by atoms with Gasteiger partial charge in [0.2, 0.25) is 0 Å². The summed E-state index contributed by atoms with van der Waals surface area (Å²) in [6.07, 6.45) is 2.23. The van der Waals surface area contributed by atoms with Crippen LogP contribution in [-0.4, -0.2) is 24.7 Å². The standard InChI is InChI=1S/C21H27N3S/c1-16(2)17-8-10-19(11-9-17)23-21(25)22-13-5-14-24-15-12-18-6-3-4-7-20(18)24/h3-4,6-11,16H,5,12-15H2,1-2H3,(H2,22,23,25). The maximum atomic E-state index is 5.40. The molecule has 0 saturated heterocycles. The summed E-state index contributed by atoms with van der Waals surface area (Å²) in [5, 5.41) is 7.26. The fraction of sp³-hybridized carbons (Fsp3) is 0.381. The summed E-state index contributed by atoms with van der Waals surface area (Å²) < 4.78 is 0. The molecule has 25 heavy (non-hydrogen) atoms. The molecule has 0 fully saturated rings. The molecule has 0 radical (unpaired) electrons. The zero-order chi connectivity index (χ0) is 17.6. The van der Waals surface area contributed by atoms with Crippen LogP contribution >= 0.6 is 12.2 Å². The number of fused-ring (bicyclic) bond motifs is 1. The molecule has 3 rings (SSSR count). The van der Waals surface area contributed by atoms with Crippen molar-refractivity contribution in [2.24, 2.45) is 0 Å². The second-order valence-corrected chi connectivity index (χ2v) is 7.29. The van der Waals surface area contributed by atoms with E-state index in [4.69, 9.17) is 12.2 Å². The van der Waals surface area contributed by atoms with Crippen molar-refractivity contribution in [3.63, 3.8) is 0 Å². The SMILES string of the molecule is CC(C)c1ccc(NC(=S)NCCCN2CCc3ccccc32)cc1. The quantitative estimate of drug-likeness (QED) is 0.588. The molecular formula is C21H27N3S. The topological polar surface area (TPSA) is 27.3 Å². The number of anilines is 2. The van der Waals surface area contributed by atoms with Crippen molar-refractivity contribution in [2.75, 3.05) is 29.9 Å². The average molecular weight is 354 g/mol. The van der Waals surface area contributed by atoms with Gasteiger partial charge in [-0.3, -0.25) is 0 Å². The predicted octanol–water partition coefficient (Wildman–Crippen LogP) is 4.55. The Labute approximate surface area is 156 Å². The van der Waals surface area contributed by atoms with E-state index < -0.39 is 0 Å². The number of thiocarbonyl (C=S) groups is 1. The number of hydrogen-bond donors (Lipinski definition) is 2. The van der Waals surface area contributed by atoms with E-state index >= 15 is 0 Å². The maximum absolute atomic E-state index is 5.40. The molecule has 2 N–H and O–H groups in total. The van der Waals surface area contributed by atoms with Crippen LogP contribution < -0.4 is 15.5 Å². The van der Waals surface area contributed by atoms with Crippen LogP contribution in [0.5, 0.6) is 0 Å². The molecule has 0 spiro atoms. The third-order valence-electron chi connectivity index (χ3n) is 4.71. The van der Waals surface area contributed by atoms with Gasteiger partial charge in [-0.15, -0.1) is 0 Å². The molecule has 132 valence electrons. The highest BCUT2D eigenvalue weighted by Crippen LogP contribution is 2.27. The van der Waals surface area contributed by atoms with Crippen LogP contribution in [0.2, 0.25) is 0 Å². The Morgan fingerprint density at radius 2 is 1.88 bits per heavy atom. The van der Waals surface area contributed by atoms with E-state index in [1.807, 2.05) is 0 Å². The lowest BCUT2D eigenvalue weighted by molar-refractivity contribution is 0.730. The summed E-state index contributed by atoms with van der Waals surface area (Å²) in [7, 11) is 0. The minimum absolute atomic E-state index is 0.551. The monoisotopic (exact) mass is 353 g/mol. The van der Waals surface area contributed by atoms with Crippen molar-refractivity contribution in [1.29, 1.82) is 0 Å². The lowest BCUT2D eigenvalue weighted by Gasteiger charge is -2.19. The number of para-hydroxylation sites is 1. The van der Waals surface area contributed by atoms with Crippen molar-refractivity contribution in [3.8, 4) is 0 Å². The summed E-state index contributed by atoms with van der Waals surface area (Å²) in [4.78, 5) is 2.47. The Bertz CT molecular complexity index is 709. The van der Waals surface area contributed by atoms with Crippen LogP contribution in [0.1, 0.15) is 37.3 Å². The van der Waals surface area contributed by atoms with Crippen molar-refractivity contribution < 1.29 is 0 Å². The van der Waals surface area contributed by atoms with Crippen LogP contribution in [0.25, 0.3) is 0 Å². The zero-order valence-electron chi connectivity index (χ0n) is 15.1. The smallest absolute Gasteiger partial charge is 0.170 e. The Morgan fingerprint density at radius 1 is 1.12 bits per heavy atom. The van der Waals surface area contributed by atoms with Crippen molar-refractivity contribution in [3.05, 3.63) is 59.7 Å². The van der Waals surface area contributed by atoms with Crippen LogP contribution in [0.15, 0.2) is 48.5 Å². The Balaban J connectivity index is 1.38. The molecular weight excluding hydrogens is 326 g/mol. The first-order valence-corrected chi connectivity index (χ1v) is 9.52. The van der Waals surface area contributed by atoms with Gasteiger partial charge in [0.25, 0.3) is 0 Å². The minimum Gasteiger partial charge on any atom is -0.371 e. The van der Waals surface area contributed by atoms with Gasteiger partial charge in [0.05, 0.1) is 0 Å². The van der Waals surface area contributed by atoms with Gasteiger partial charge in [-0.25, -0.2) is 0 Å². The molecule has 0 bridgehead atoms. The molecule has 2 aromatic carbocycles. The largest absolute Gasteiger partial charge is 0.371 e. The number of benzene rings is 2. The van der Waals surface area contributed by atoms with Gasteiger partial charge in [0.1, 0.15) is 0 Å². The van der Waals surface area contributed by atoms with E-state index in [-0.39, 0.29) is 0 Å². The molecule has 0 unspecified atom stereocenters. The highest BCUT2D eigenvalue weighted by molar-refractivity contribution is 7.80. The predicted molar refractivity (Wildman–Crippen MR) is 112 cm³/mol. The van der Waals surface area contributed by atoms with Gasteiger partial charge in [-0.2, -0.15) is 0 Å². The maximum Gasteiger partial charge on any atom is 0.170 e. The Kier molecular flexibility index (Phi) is 5.92. The second kappa shape index (κ2) is 8.34. The highest BCUT2D eigenvalue weighted by Gasteiger charge is 2.17. The minimum atomic E-state index is 0.551. The zero-order valence-corrected chi connectivity index (χ0v) is 15.9. The molecule has 0 aliphatic carbocycles. The van der Waals surface area contributed by atoms with Gasteiger partial charge in [0.15, 0.2) is 5.11 Å². The van der Waals surface area contributed by atoms with Crippen LogP contribution in [0.4, 0.5) is 11.4 Å². The van der Waals surface area contributed by atoms with Gasteiger partial charge < -0.3 is 15.5 Å². The van der Waals surface area contributed by atoms with Crippen LogP contribution in [0, 0.1) is 0 Å². The van der Waals surface area contributed by atoms with Crippen LogP contribution in [-0.2, 0) is 6.42 Å². The summed E-state index contributed by atoms with van der Waals surface area (Å²) >= 11 is 5.40. The normalized spacial score (nSPS) is 13.0. The van der Waals surface area contributed by atoms with Gasteiger partial charge in [-0.05, 0) is 60.3 Å². The van der Waals surface area contributed by atoms with Crippen LogP contribution in [0.3, 0.4) is 0 Å². The summed E-state index contributed by atoms with van der Waals surface area (Å²) in [5.74, 6) is 0.551. The second-order valence-electron chi connectivity index (χ2n) is 6.88. The molecule has 0 aromatic heterocycles. The van der Waals surface area contributed by atoms with Gasteiger partial charge >= 0.3 is 0 Å². The first-order valence-electron chi connectivity index (χ1n) is 9.11. The number of rotatable bonds is 6. The Morgan fingerprint density at radius 3 is 2.64 bits per heavy atom. The van der Waals surface area contributed by atoms with E-state index in [9.17, 15) is 0 Å². The van der Waals surface area contributed by atoms with E-state index in [0.29, 0.717) is 11.0 Å². The molecule has 2 aromatic rings. The van der Waals surface area contributed by atoms with E-state index in [2.05, 4.69) is 77.9 Å². The summed E-state index contributed by atoms with van der Waals surface area (Å²) in [5.41, 5.74) is 5.25. The molecule has 0 saturated carbocycles. The van der Waals surface area contributed by atoms with Crippen molar-refractivity contribution in [1.82, 2.24) is 5.32 Å². The molecule has 4 heteroatoms. The third-order valence-corrected chi connectivity index (χ3v) is 4.96. The van der Waals surface area contributed by atoms with Crippen molar-refractivity contribution in [2.45, 2.75) is 32.6 Å². The highest BCUT2D eigenvalue weighted by atomic mass is 32.1. The molecule has 1 heterocycles. The van der Waals surface area contributed by atoms with Crippen molar-refractivity contribution >= 4 is 28.7 Å². The lowest BCUT2D eigenvalue weighted by atomic mass is 10.0. The average Bonchev–Trinajstić information content (AvgIpc) is 3.02. The molecule has 1 aliphatic rings. The fourth-order valence-electron chi connectivity index (χ4n) is 3.24. The summed E-state index contributed by atoms with van der Waals surface area (Å²) in [6.45, 7) is 7.48. The molecule has 3 nitrogen and oxygen atoms in total. The first-order chi connectivity index (χ1) is 12.1. The molecule has 1 aliphatic heterocycles. The van der Waals surface area contributed by atoms with Gasteiger partial charge in [-0.1, -0.05) is 44.2 Å². The van der Waals surface area contributed by atoms with E-state index in [1.165, 1.54) is 16.8 Å². The van der Waals surface area contributed by atoms with E-state index in [1.54, 1.807) is 0 Å².